The summed E-state index contributed by atoms with van der Waals surface area (Å²) in [6.07, 6.45) is 1.49. The van der Waals surface area contributed by atoms with E-state index in [-0.39, 0.29) is 39.2 Å². The van der Waals surface area contributed by atoms with Gasteiger partial charge < -0.3 is 20.1 Å². The van der Waals surface area contributed by atoms with Gasteiger partial charge in [0.05, 0.1) is 29.8 Å². The van der Waals surface area contributed by atoms with Crippen molar-refractivity contribution < 1.29 is 23.0 Å². The average molecular weight is 609 g/mol. The Bertz CT molecular complexity index is 1330. The summed E-state index contributed by atoms with van der Waals surface area (Å²) in [6.45, 7) is 10.4. The third-order valence-electron chi connectivity index (χ3n) is 8.46. The summed E-state index contributed by atoms with van der Waals surface area (Å²) in [6, 6.07) is 9.19. The maximum atomic E-state index is 15.8. The molecule has 0 spiro atoms. The zero-order chi connectivity index (χ0) is 30.2. The van der Waals surface area contributed by atoms with Crippen molar-refractivity contribution in [1.29, 1.82) is 5.26 Å². The number of halogens is 4. The van der Waals surface area contributed by atoms with Crippen molar-refractivity contribution in [3.8, 4) is 6.07 Å². The monoisotopic (exact) mass is 607 g/mol. The molecule has 222 valence electrons. The number of nitrogens with one attached hydrogen (secondary N) is 2. The number of nitrogens with zero attached hydrogens (tertiary/aromatic N) is 1. The van der Waals surface area contributed by atoms with Gasteiger partial charge in [-0.2, -0.15) is 5.26 Å². The van der Waals surface area contributed by atoms with Gasteiger partial charge in [0, 0.05) is 29.1 Å². The van der Waals surface area contributed by atoms with Crippen molar-refractivity contribution in [2.45, 2.75) is 89.2 Å². The summed E-state index contributed by atoms with van der Waals surface area (Å²) in [5.74, 6) is -3.68. The topological polar surface area (TPSA) is 83.4 Å². The molecule has 0 aromatic heterocycles. The standard InChI is InChI=1S/C31H37Cl2F2N3O3/c1-6-29(2,3)15-24-31(17-36,21-11-10-18(32)14-23(21)34)25(20-8-7-9-22(33)26(20)35)27(38-24)28(39)37-13-12-19-16-40-30(4,5)41-19/h7-11,14,19,24-25,27,38H,6,12-13,15-16H2,1-5H3,(H,37,39)/t19-,24?,25?,27?,31?/m0/s1. The minimum atomic E-state index is -1.67. The first kappa shape index (κ1) is 31.7. The van der Waals surface area contributed by atoms with Crippen LogP contribution in [0.4, 0.5) is 8.78 Å². The smallest absolute Gasteiger partial charge is 0.237 e. The summed E-state index contributed by atoms with van der Waals surface area (Å²) in [4.78, 5) is 13.9. The molecule has 4 rings (SSSR count). The lowest BCUT2D eigenvalue weighted by atomic mass is 9.62. The first-order valence-electron chi connectivity index (χ1n) is 13.9. The maximum Gasteiger partial charge on any atom is 0.237 e. The van der Waals surface area contributed by atoms with Gasteiger partial charge in [0.2, 0.25) is 5.91 Å². The molecule has 4 unspecified atom stereocenters. The molecule has 0 bridgehead atoms. The van der Waals surface area contributed by atoms with E-state index in [9.17, 15) is 10.1 Å². The lowest BCUT2D eigenvalue weighted by Crippen LogP contribution is -2.46. The Labute approximate surface area is 250 Å². The highest BCUT2D eigenvalue weighted by atomic mass is 35.5. The Hall–Kier alpha value is -2.28. The molecule has 2 saturated heterocycles. The van der Waals surface area contributed by atoms with Gasteiger partial charge in [0.1, 0.15) is 17.0 Å². The molecular formula is C31H37Cl2F2N3O3. The number of rotatable bonds is 9. The van der Waals surface area contributed by atoms with E-state index in [4.69, 9.17) is 32.7 Å². The number of hydrogen-bond donors (Lipinski definition) is 2. The van der Waals surface area contributed by atoms with Crippen LogP contribution in [0.3, 0.4) is 0 Å². The molecule has 10 heteroatoms. The van der Waals surface area contributed by atoms with Crippen LogP contribution in [-0.4, -0.2) is 43.0 Å². The Morgan fingerprint density at radius 3 is 2.59 bits per heavy atom. The second-order valence-electron chi connectivity index (χ2n) is 12.2. The predicted octanol–water partition coefficient (Wildman–Crippen LogP) is 6.64. The fourth-order valence-electron chi connectivity index (χ4n) is 6.01. The van der Waals surface area contributed by atoms with Gasteiger partial charge in [-0.1, -0.05) is 68.6 Å². The maximum absolute atomic E-state index is 15.8. The van der Waals surface area contributed by atoms with Crippen LogP contribution in [0.1, 0.15) is 70.9 Å². The quantitative estimate of drug-likeness (QED) is 0.334. The number of benzene rings is 2. The molecule has 2 aliphatic heterocycles. The van der Waals surface area contributed by atoms with Crippen molar-refractivity contribution in [3.63, 3.8) is 0 Å². The highest BCUT2D eigenvalue weighted by Crippen LogP contribution is 2.53. The van der Waals surface area contributed by atoms with Crippen molar-refractivity contribution in [1.82, 2.24) is 10.6 Å². The Morgan fingerprint density at radius 1 is 1.24 bits per heavy atom. The van der Waals surface area contributed by atoms with Gasteiger partial charge in [-0.25, -0.2) is 8.78 Å². The first-order chi connectivity index (χ1) is 19.2. The third-order valence-corrected chi connectivity index (χ3v) is 8.99. The molecule has 1 amide bonds. The molecule has 6 nitrogen and oxygen atoms in total. The van der Waals surface area contributed by atoms with Gasteiger partial charge in [-0.3, -0.25) is 4.79 Å². The van der Waals surface area contributed by atoms with E-state index in [1.165, 1.54) is 24.3 Å². The average Bonchev–Trinajstić information content (AvgIpc) is 3.42. The number of carbonyl (C=O) groups excluding carboxylic acids is 1. The fraction of sp³-hybridized carbons (Fsp3) is 0.548. The second kappa shape index (κ2) is 12.1. The van der Waals surface area contributed by atoms with Crippen LogP contribution in [0.15, 0.2) is 36.4 Å². The lowest BCUT2D eigenvalue weighted by Gasteiger charge is -2.38. The Balaban J connectivity index is 1.80. The number of hydrogen-bond acceptors (Lipinski definition) is 5. The van der Waals surface area contributed by atoms with Gasteiger partial charge in [-0.05, 0) is 55.9 Å². The molecule has 41 heavy (non-hydrogen) atoms. The number of ether oxygens (including phenoxy) is 2. The largest absolute Gasteiger partial charge is 0.355 e. The van der Waals surface area contributed by atoms with E-state index < -0.39 is 46.7 Å². The Kier molecular flexibility index (Phi) is 9.37. The predicted molar refractivity (Wildman–Crippen MR) is 155 cm³/mol. The highest BCUT2D eigenvalue weighted by molar-refractivity contribution is 6.31. The van der Waals surface area contributed by atoms with Crippen molar-refractivity contribution >= 4 is 29.1 Å². The summed E-state index contributed by atoms with van der Waals surface area (Å²) in [5.41, 5.74) is -1.83. The van der Waals surface area contributed by atoms with Crippen LogP contribution in [0.5, 0.6) is 0 Å². The third kappa shape index (κ3) is 6.40. The summed E-state index contributed by atoms with van der Waals surface area (Å²) in [5, 5.41) is 17.3. The molecule has 0 saturated carbocycles. The molecule has 0 aliphatic carbocycles. The van der Waals surface area contributed by atoms with Crippen molar-refractivity contribution in [2.75, 3.05) is 13.2 Å². The first-order valence-corrected chi connectivity index (χ1v) is 14.7. The molecular weight excluding hydrogens is 571 g/mol. The molecule has 2 aromatic carbocycles. The van der Waals surface area contributed by atoms with Crippen LogP contribution < -0.4 is 10.6 Å². The van der Waals surface area contributed by atoms with Gasteiger partial charge in [0.15, 0.2) is 5.79 Å². The van der Waals surface area contributed by atoms with Gasteiger partial charge in [0.25, 0.3) is 0 Å². The van der Waals surface area contributed by atoms with Crippen LogP contribution in [0.2, 0.25) is 10.0 Å². The zero-order valence-corrected chi connectivity index (χ0v) is 25.5. The minimum absolute atomic E-state index is 0.0483. The lowest BCUT2D eigenvalue weighted by molar-refractivity contribution is -0.138. The fourth-order valence-corrected chi connectivity index (χ4v) is 6.35. The summed E-state index contributed by atoms with van der Waals surface area (Å²) in [7, 11) is 0. The highest BCUT2D eigenvalue weighted by Gasteiger charge is 2.61. The van der Waals surface area contributed by atoms with Crippen molar-refractivity contribution in [3.05, 3.63) is 69.2 Å². The van der Waals surface area contributed by atoms with E-state index in [2.05, 4.69) is 16.7 Å². The van der Waals surface area contributed by atoms with E-state index in [1.807, 2.05) is 34.6 Å². The van der Waals surface area contributed by atoms with Crippen molar-refractivity contribution in [2.24, 2.45) is 5.41 Å². The van der Waals surface area contributed by atoms with Crippen LogP contribution >= 0.6 is 23.2 Å². The SMILES string of the molecule is CCC(C)(C)CC1NC(C(=O)NCC[C@H]2COC(C)(C)O2)C(c2cccc(Cl)c2F)C1(C#N)c1ccc(Cl)cc1F. The Morgan fingerprint density at radius 2 is 1.98 bits per heavy atom. The van der Waals surface area contributed by atoms with Crippen LogP contribution in [0.25, 0.3) is 0 Å². The molecule has 2 heterocycles. The minimum Gasteiger partial charge on any atom is -0.355 e. The molecule has 2 aliphatic rings. The zero-order valence-electron chi connectivity index (χ0n) is 24.0. The van der Waals surface area contributed by atoms with E-state index in [1.54, 1.807) is 6.07 Å². The number of carbonyl (C=O) groups is 1. The molecule has 2 fully saturated rings. The summed E-state index contributed by atoms with van der Waals surface area (Å²) < 4.78 is 43.0. The van der Waals surface area contributed by atoms with Crippen LogP contribution in [0, 0.1) is 28.4 Å². The van der Waals surface area contributed by atoms with Gasteiger partial charge in [-0.15, -0.1) is 0 Å². The second-order valence-corrected chi connectivity index (χ2v) is 13.0. The number of nitriles is 1. The molecule has 2 N–H and O–H groups in total. The number of amides is 1. The molecule has 2 aromatic rings. The van der Waals surface area contributed by atoms with E-state index in [0.717, 1.165) is 12.5 Å². The van der Waals surface area contributed by atoms with E-state index in [0.29, 0.717) is 19.4 Å². The van der Waals surface area contributed by atoms with Gasteiger partial charge >= 0.3 is 0 Å². The summed E-state index contributed by atoms with van der Waals surface area (Å²) >= 11 is 12.3. The molecule has 0 radical (unpaired) electrons. The molecule has 5 atom stereocenters. The normalized spacial score (nSPS) is 27.5. The van der Waals surface area contributed by atoms with E-state index >= 15 is 8.78 Å². The van der Waals surface area contributed by atoms with Crippen LogP contribution in [-0.2, 0) is 19.7 Å².